The number of aromatic nitrogens is 1. The van der Waals surface area contributed by atoms with Crippen LogP contribution < -0.4 is 0 Å². The minimum atomic E-state index is -4.32. The van der Waals surface area contributed by atoms with E-state index in [1.807, 2.05) is 0 Å². The number of benzene rings is 1. The molecule has 2 aromatic rings. The molecule has 0 aliphatic carbocycles. The summed E-state index contributed by atoms with van der Waals surface area (Å²) in [6.45, 7) is 0. The van der Waals surface area contributed by atoms with Gasteiger partial charge in [-0.25, -0.2) is 0 Å². The topological polar surface area (TPSA) is 12.9 Å². The molecule has 1 nitrogen and oxygen atoms in total. The van der Waals surface area contributed by atoms with E-state index in [1.54, 1.807) is 24.5 Å². The molecule has 0 atom stereocenters. The second kappa shape index (κ2) is 3.96. The summed E-state index contributed by atoms with van der Waals surface area (Å²) in [5.74, 6) is 0. The maximum Gasteiger partial charge on any atom is 0.416 e. The van der Waals surface area contributed by atoms with Crippen molar-refractivity contribution in [3.63, 3.8) is 0 Å². The predicted octanol–water partition coefficient (Wildman–Crippen LogP) is 3.57. The van der Waals surface area contributed by atoms with Gasteiger partial charge in [0, 0.05) is 18.0 Å². The van der Waals surface area contributed by atoms with Gasteiger partial charge < -0.3 is 0 Å². The molecule has 0 fully saturated rings. The molecule has 0 amide bonds. The molecule has 0 N–H and O–H groups in total. The van der Waals surface area contributed by atoms with Crippen molar-refractivity contribution in [2.45, 2.75) is 6.18 Å². The van der Waals surface area contributed by atoms with Crippen LogP contribution in [0.25, 0.3) is 11.1 Å². The van der Waals surface area contributed by atoms with E-state index in [1.165, 1.54) is 6.07 Å². The number of rotatable bonds is 1. The summed E-state index contributed by atoms with van der Waals surface area (Å²) in [5.41, 5.74) is 0.650. The van der Waals surface area contributed by atoms with E-state index in [4.69, 9.17) is 0 Å². The van der Waals surface area contributed by atoms with E-state index in [9.17, 15) is 13.2 Å². The lowest BCUT2D eigenvalue weighted by Gasteiger charge is -2.06. The molecule has 0 aliphatic rings. The summed E-state index contributed by atoms with van der Waals surface area (Å²) < 4.78 is 36.9. The van der Waals surface area contributed by atoms with Gasteiger partial charge in [-0.1, -0.05) is 12.1 Å². The van der Waals surface area contributed by atoms with Crippen molar-refractivity contribution in [2.24, 2.45) is 0 Å². The molecule has 1 heterocycles. The molecule has 0 bridgehead atoms. The smallest absolute Gasteiger partial charge is 0.264 e. The fourth-order valence-corrected chi connectivity index (χ4v) is 1.30. The highest BCUT2D eigenvalue weighted by atomic mass is 19.4. The third-order valence-electron chi connectivity index (χ3n) is 2.11. The zero-order chi connectivity index (χ0) is 11.6. The lowest BCUT2D eigenvalue weighted by atomic mass is 10.1. The van der Waals surface area contributed by atoms with Gasteiger partial charge >= 0.3 is 6.18 Å². The second-order valence-electron chi connectivity index (χ2n) is 3.23. The molecule has 1 aromatic heterocycles. The van der Waals surface area contributed by atoms with Crippen molar-refractivity contribution in [3.8, 4) is 11.1 Å². The first-order valence-electron chi connectivity index (χ1n) is 4.57. The van der Waals surface area contributed by atoms with Gasteiger partial charge in [0.05, 0.1) is 5.56 Å². The molecular formula is C12H7F3N. The minimum absolute atomic E-state index is 0.598. The molecule has 0 saturated carbocycles. The molecular weight excluding hydrogens is 215 g/mol. The molecule has 0 spiro atoms. The van der Waals surface area contributed by atoms with Crippen LogP contribution >= 0.6 is 0 Å². The fraction of sp³-hybridized carbons (Fsp3) is 0.0833. The predicted molar refractivity (Wildman–Crippen MR) is 53.5 cm³/mol. The molecule has 1 radical (unpaired) electrons. The Bertz CT molecular complexity index is 460. The summed E-state index contributed by atoms with van der Waals surface area (Å²) in [7, 11) is 0. The Morgan fingerprint density at radius 1 is 1.12 bits per heavy atom. The average molecular weight is 222 g/mol. The van der Waals surface area contributed by atoms with Crippen molar-refractivity contribution in [1.29, 1.82) is 0 Å². The van der Waals surface area contributed by atoms with Crippen LogP contribution in [0.5, 0.6) is 0 Å². The zero-order valence-corrected chi connectivity index (χ0v) is 8.12. The molecule has 1 aromatic carbocycles. The fourth-order valence-electron chi connectivity index (χ4n) is 1.30. The zero-order valence-electron chi connectivity index (χ0n) is 8.12. The number of hydrogen-bond donors (Lipinski definition) is 0. The number of nitrogens with zero attached hydrogens (tertiary/aromatic N) is 1. The Balaban J connectivity index is 2.34. The van der Waals surface area contributed by atoms with Gasteiger partial charge in [0.25, 0.3) is 0 Å². The highest BCUT2D eigenvalue weighted by Crippen LogP contribution is 2.30. The van der Waals surface area contributed by atoms with Crippen LogP contribution in [0.1, 0.15) is 5.56 Å². The highest BCUT2D eigenvalue weighted by Gasteiger charge is 2.29. The van der Waals surface area contributed by atoms with Crippen LogP contribution in [0.4, 0.5) is 13.2 Å². The number of hydrogen-bond acceptors (Lipinski definition) is 1. The first-order chi connectivity index (χ1) is 7.57. The Hall–Kier alpha value is -1.84. The second-order valence-corrected chi connectivity index (χ2v) is 3.23. The van der Waals surface area contributed by atoms with Crippen molar-refractivity contribution in [3.05, 3.63) is 54.4 Å². The van der Waals surface area contributed by atoms with Gasteiger partial charge in [0.1, 0.15) is 0 Å². The third kappa shape index (κ3) is 2.21. The van der Waals surface area contributed by atoms with Crippen molar-refractivity contribution < 1.29 is 13.2 Å². The first-order valence-corrected chi connectivity index (χ1v) is 4.57. The van der Waals surface area contributed by atoms with Gasteiger partial charge in [0.15, 0.2) is 0 Å². The average Bonchev–Trinajstić information content (AvgIpc) is 2.29. The van der Waals surface area contributed by atoms with Crippen molar-refractivity contribution >= 4 is 0 Å². The molecule has 0 aliphatic heterocycles. The molecule has 16 heavy (non-hydrogen) atoms. The first kappa shape index (κ1) is 10.7. The lowest BCUT2D eigenvalue weighted by Crippen LogP contribution is -2.04. The van der Waals surface area contributed by atoms with E-state index in [0.717, 1.165) is 17.7 Å². The monoisotopic (exact) mass is 222 g/mol. The Morgan fingerprint density at radius 2 is 1.94 bits per heavy atom. The Labute approximate surface area is 90.6 Å². The van der Waals surface area contributed by atoms with Crippen LogP contribution in [0.2, 0.25) is 0 Å². The van der Waals surface area contributed by atoms with E-state index < -0.39 is 11.7 Å². The van der Waals surface area contributed by atoms with Gasteiger partial charge in [-0.05, 0) is 29.8 Å². The molecule has 2 rings (SSSR count). The third-order valence-corrected chi connectivity index (χ3v) is 2.11. The highest BCUT2D eigenvalue weighted by molar-refractivity contribution is 5.61. The normalized spacial score (nSPS) is 11.4. The molecule has 0 unspecified atom stereocenters. The molecule has 81 valence electrons. The van der Waals surface area contributed by atoms with E-state index >= 15 is 0 Å². The lowest BCUT2D eigenvalue weighted by molar-refractivity contribution is -0.137. The van der Waals surface area contributed by atoms with Crippen LogP contribution in [-0.2, 0) is 6.18 Å². The van der Waals surface area contributed by atoms with Gasteiger partial charge in [-0.15, -0.1) is 0 Å². The summed E-state index contributed by atoms with van der Waals surface area (Å²) >= 11 is 0. The molecule has 4 heteroatoms. The van der Waals surface area contributed by atoms with Crippen LogP contribution in [0.15, 0.2) is 42.7 Å². The summed E-state index contributed by atoms with van der Waals surface area (Å²) in [6, 6.07) is 9.47. The van der Waals surface area contributed by atoms with Crippen molar-refractivity contribution in [1.82, 2.24) is 4.98 Å². The standard InChI is InChI=1S/C12H7F3N/c13-12(14,15)11-5-3-9(4-6-11)10-2-1-7-16-8-10/h1-3,5-8H. The largest absolute Gasteiger partial charge is 0.416 e. The van der Waals surface area contributed by atoms with Gasteiger partial charge in [0.2, 0.25) is 0 Å². The Morgan fingerprint density at radius 3 is 2.44 bits per heavy atom. The summed E-state index contributed by atoms with van der Waals surface area (Å²) in [4.78, 5) is 3.89. The summed E-state index contributed by atoms with van der Waals surface area (Å²) in [6.07, 6.45) is -1.13. The van der Waals surface area contributed by atoms with E-state index in [0.29, 0.717) is 5.56 Å². The molecule has 0 saturated heterocycles. The van der Waals surface area contributed by atoms with Crippen molar-refractivity contribution in [2.75, 3.05) is 0 Å². The van der Waals surface area contributed by atoms with Crippen LogP contribution in [-0.4, -0.2) is 4.98 Å². The SMILES string of the molecule is FC(F)(F)c1c[c]c(-c2cccnc2)cc1. The number of alkyl halides is 3. The van der Waals surface area contributed by atoms with Gasteiger partial charge in [-0.2, -0.15) is 13.2 Å². The minimum Gasteiger partial charge on any atom is -0.264 e. The maximum absolute atomic E-state index is 12.3. The summed E-state index contributed by atoms with van der Waals surface area (Å²) in [5, 5.41) is 0. The van der Waals surface area contributed by atoms with Crippen LogP contribution in [0, 0.1) is 6.07 Å². The number of halogens is 3. The van der Waals surface area contributed by atoms with E-state index in [-0.39, 0.29) is 0 Å². The quantitative estimate of drug-likeness (QED) is 0.718. The van der Waals surface area contributed by atoms with Crippen LogP contribution in [0.3, 0.4) is 0 Å². The van der Waals surface area contributed by atoms with E-state index in [2.05, 4.69) is 11.1 Å². The number of pyridine rings is 1. The Kier molecular flexibility index (Phi) is 2.64. The maximum atomic E-state index is 12.3. The van der Waals surface area contributed by atoms with Gasteiger partial charge in [-0.3, -0.25) is 4.98 Å².